The van der Waals surface area contributed by atoms with Gasteiger partial charge in [-0.1, -0.05) is 0 Å². The van der Waals surface area contributed by atoms with Gasteiger partial charge in [0, 0.05) is 6.20 Å². The molecule has 0 saturated heterocycles. The highest BCUT2D eigenvalue weighted by Gasteiger charge is 2.42. The number of methoxy groups -OCH3 is 1. The fraction of sp³-hybridized carbons (Fsp3) is 0.350. The molecule has 29 heavy (non-hydrogen) atoms. The van der Waals surface area contributed by atoms with Gasteiger partial charge in [0.05, 0.1) is 29.4 Å². The molecule has 5 rings (SSSR count). The highest BCUT2D eigenvalue weighted by molar-refractivity contribution is 6.06. The van der Waals surface area contributed by atoms with Gasteiger partial charge in [-0.05, 0) is 50.3 Å². The summed E-state index contributed by atoms with van der Waals surface area (Å²) in [6, 6.07) is 3.85. The second-order valence-corrected chi connectivity index (χ2v) is 7.48. The van der Waals surface area contributed by atoms with E-state index in [1.54, 1.807) is 7.11 Å². The van der Waals surface area contributed by atoms with Crippen LogP contribution >= 0.6 is 12.4 Å². The third-order valence-electron chi connectivity index (χ3n) is 5.69. The standard InChI is InChI=1S/C20H22N6O2.ClH/c1-11-9-13(24-18-12-5-8-21-17(12)22-10-23-18)16(28-2)15-14(11)19(27)26-20(25-15)6-3-4-7-20;/h5,8-10,25H,3-4,6-7H2,1-2H3,(H,26,27)(H2,21,22,23,24);1H. The number of anilines is 3. The summed E-state index contributed by atoms with van der Waals surface area (Å²) >= 11 is 0. The number of H-pyrrole nitrogens is 1. The van der Waals surface area contributed by atoms with E-state index < -0.39 is 0 Å². The average molecular weight is 415 g/mol. The number of aromatic amines is 1. The number of aromatic nitrogens is 3. The van der Waals surface area contributed by atoms with Gasteiger partial charge in [0.1, 0.15) is 23.5 Å². The predicted molar refractivity (Wildman–Crippen MR) is 114 cm³/mol. The van der Waals surface area contributed by atoms with Crippen LogP contribution in [0.4, 0.5) is 17.2 Å². The van der Waals surface area contributed by atoms with Gasteiger partial charge in [-0.3, -0.25) is 4.79 Å². The van der Waals surface area contributed by atoms with Gasteiger partial charge in [-0.2, -0.15) is 0 Å². The van der Waals surface area contributed by atoms with Gasteiger partial charge in [-0.25, -0.2) is 9.97 Å². The lowest BCUT2D eigenvalue weighted by molar-refractivity contribution is 0.0901. The Morgan fingerprint density at radius 1 is 1.21 bits per heavy atom. The Morgan fingerprint density at radius 2 is 2.00 bits per heavy atom. The van der Waals surface area contributed by atoms with E-state index in [0.717, 1.165) is 53.7 Å². The Kier molecular flexibility index (Phi) is 4.74. The number of hydrogen-bond acceptors (Lipinski definition) is 6. The van der Waals surface area contributed by atoms with E-state index in [0.29, 0.717) is 17.1 Å². The van der Waals surface area contributed by atoms with Crippen molar-refractivity contribution in [3.63, 3.8) is 0 Å². The zero-order valence-electron chi connectivity index (χ0n) is 16.3. The summed E-state index contributed by atoms with van der Waals surface area (Å²) in [5.41, 5.74) is 3.38. The van der Waals surface area contributed by atoms with Crippen molar-refractivity contribution in [3.8, 4) is 5.75 Å². The maximum absolute atomic E-state index is 12.9. The molecule has 1 aromatic carbocycles. The van der Waals surface area contributed by atoms with E-state index >= 15 is 0 Å². The molecule has 0 radical (unpaired) electrons. The van der Waals surface area contributed by atoms with Crippen LogP contribution in [0.3, 0.4) is 0 Å². The SMILES string of the molecule is COc1c(Nc2ncnc3[nH]ccc23)cc(C)c2c1NC1(CCCC1)NC2=O.Cl. The van der Waals surface area contributed by atoms with E-state index in [2.05, 4.69) is 30.9 Å². The lowest BCUT2D eigenvalue weighted by Crippen LogP contribution is -2.56. The summed E-state index contributed by atoms with van der Waals surface area (Å²) in [4.78, 5) is 24.6. The molecule has 3 aromatic rings. The Hall–Kier alpha value is -3.00. The molecule has 3 heterocycles. The van der Waals surface area contributed by atoms with Gasteiger partial charge in [0.2, 0.25) is 0 Å². The molecule has 1 spiro atoms. The molecule has 1 fully saturated rings. The molecule has 2 aromatic heterocycles. The highest BCUT2D eigenvalue weighted by Crippen LogP contribution is 2.45. The Bertz CT molecular complexity index is 1090. The van der Waals surface area contributed by atoms with E-state index in [-0.39, 0.29) is 24.0 Å². The average Bonchev–Trinajstić information content (AvgIpc) is 3.31. The number of hydrogen-bond donors (Lipinski definition) is 4. The van der Waals surface area contributed by atoms with E-state index in [1.807, 2.05) is 25.3 Å². The fourth-order valence-corrected chi connectivity index (χ4v) is 4.39. The molecule has 1 saturated carbocycles. The first-order chi connectivity index (χ1) is 13.6. The number of nitrogens with one attached hydrogen (secondary N) is 4. The third kappa shape index (κ3) is 3.04. The lowest BCUT2D eigenvalue weighted by Gasteiger charge is -2.39. The molecule has 8 nitrogen and oxygen atoms in total. The highest BCUT2D eigenvalue weighted by atomic mass is 35.5. The van der Waals surface area contributed by atoms with Crippen molar-refractivity contribution < 1.29 is 9.53 Å². The molecule has 1 aliphatic heterocycles. The Morgan fingerprint density at radius 3 is 2.76 bits per heavy atom. The second-order valence-electron chi connectivity index (χ2n) is 7.48. The van der Waals surface area contributed by atoms with Crippen LogP contribution in [0.15, 0.2) is 24.7 Å². The van der Waals surface area contributed by atoms with Gasteiger partial charge < -0.3 is 25.7 Å². The summed E-state index contributed by atoms with van der Waals surface area (Å²) in [5.74, 6) is 1.25. The molecule has 9 heteroatoms. The number of amides is 1. The molecule has 0 unspecified atom stereocenters. The fourth-order valence-electron chi connectivity index (χ4n) is 4.39. The van der Waals surface area contributed by atoms with E-state index in [4.69, 9.17) is 4.74 Å². The molecule has 0 atom stereocenters. The van der Waals surface area contributed by atoms with Crippen LogP contribution in [0.5, 0.6) is 5.75 Å². The van der Waals surface area contributed by atoms with Gasteiger partial charge in [0.15, 0.2) is 5.75 Å². The van der Waals surface area contributed by atoms with Crippen LogP contribution in [0.1, 0.15) is 41.6 Å². The smallest absolute Gasteiger partial charge is 0.255 e. The predicted octanol–water partition coefficient (Wildman–Crippen LogP) is 3.87. The first kappa shape index (κ1) is 19.3. The third-order valence-corrected chi connectivity index (χ3v) is 5.69. The summed E-state index contributed by atoms with van der Waals surface area (Å²) in [5, 5.41) is 11.0. The summed E-state index contributed by atoms with van der Waals surface area (Å²) in [7, 11) is 1.62. The quantitative estimate of drug-likeness (QED) is 0.518. The van der Waals surface area contributed by atoms with E-state index in [9.17, 15) is 4.79 Å². The largest absolute Gasteiger partial charge is 0.492 e. The summed E-state index contributed by atoms with van der Waals surface area (Å²) in [6.45, 7) is 1.93. The van der Waals surface area contributed by atoms with Crippen LogP contribution in [0.2, 0.25) is 0 Å². The minimum atomic E-state index is -0.384. The van der Waals surface area contributed by atoms with Crippen molar-refractivity contribution in [2.24, 2.45) is 0 Å². The maximum atomic E-state index is 12.9. The number of aryl methyl sites for hydroxylation is 1. The van der Waals surface area contributed by atoms with Crippen molar-refractivity contribution in [2.75, 3.05) is 17.7 Å². The monoisotopic (exact) mass is 414 g/mol. The zero-order valence-corrected chi connectivity index (χ0v) is 17.1. The summed E-state index contributed by atoms with van der Waals surface area (Å²) < 4.78 is 5.76. The van der Waals surface area contributed by atoms with Crippen LogP contribution < -0.4 is 20.7 Å². The van der Waals surface area contributed by atoms with Gasteiger partial charge in [-0.15, -0.1) is 12.4 Å². The number of halogens is 1. The topological polar surface area (TPSA) is 104 Å². The number of carbonyl (C=O) groups excluding carboxylic acids is 1. The molecule has 152 valence electrons. The number of ether oxygens (including phenoxy) is 1. The first-order valence-electron chi connectivity index (χ1n) is 9.48. The van der Waals surface area contributed by atoms with Crippen molar-refractivity contribution >= 4 is 46.5 Å². The molecule has 2 aliphatic rings. The minimum absolute atomic E-state index is 0. The van der Waals surface area contributed by atoms with E-state index in [1.165, 1.54) is 6.33 Å². The van der Waals surface area contributed by atoms with Crippen LogP contribution in [-0.2, 0) is 0 Å². The second kappa shape index (κ2) is 7.11. The normalized spacial score (nSPS) is 16.7. The molecular formula is C20H23ClN6O2. The number of carbonyl (C=O) groups is 1. The van der Waals surface area contributed by atoms with Crippen molar-refractivity contribution in [1.82, 2.24) is 20.3 Å². The number of fused-ring (bicyclic) bond motifs is 2. The Balaban J connectivity index is 0.00000205. The van der Waals surface area contributed by atoms with Crippen molar-refractivity contribution in [2.45, 2.75) is 38.3 Å². The van der Waals surface area contributed by atoms with Crippen molar-refractivity contribution in [3.05, 3.63) is 35.8 Å². The van der Waals surface area contributed by atoms with Crippen LogP contribution in [0.25, 0.3) is 11.0 Å². The number of benzene rings is 1. The first-order valence-corrected chi connectivity index (χ1v) is 9.48. The minimum Gasteiger partial charge on any atom is -0.492 e. The molecule has 4 N–H and O–H groups in total. The maximum Gasteiger partial charge on any atom is 0.255 e. The zero-order chi connectivity index (χ0) is 19.3. The van der Waals surface area contributed by atoms with Gasteiger partial charge >= 0.3 is 0 Å². The number of rotatable bonds is 3. The Labute approximate surface area is 174 Å². The lowest BCUT2D eigenvalue weighted by atomic mass is 9.96. The van der Waals surface area contributed by atoms with Crippen molar-refractivity contribution in [1.29, 1.82) is 0 Å². The number of nitrogens with zero attached hydrogens (tertiary/aromatic N) is 2. The molecule has 1 amide bonds. The van der Waals surface area contributed by atoms with Crippen LogP contribution in [-0.4, -0.2) is 33.6 Å². The molecular weight excluding hydrogens is 392 g/mol. The van der Waals surface area contributed by atoms with Crippen LogP contribution in [0, 0.1) is 6.92 Å². The van der Waals surface area contributed by atoms with Gasteiger partial charge in [0.25, 0.3) is 5.91 Å². The molecule has 0 bridgehead atoms. The summed E-state index contributed by atoms with van der Waals surface area (Å²) in [6.07, 6.45) is 7.35. The molecule has 1 aliphatic carbocycles.